The van der Waals surface area contributed by atoms with E-state index < -0.39 is 4.33 Å². The van der Waals surface area contributed by atoms with Gasteiger partial charge in [0.2, 0.25) is 0 Å². The molecule has 2 rings (SSSR count). The average molecular weight is 409 g/mol. The van der Waals surface area contributed by atoms with E-state index in [0.717, 1.165) is 36.1 Å². The number of hydrogen-bond acceptors (Lipinski definition) is 1. The van der Waals surface area contributed by atoms with Crippen LogP contribution in [-0.4, -0.2) is 10.0 Å². The van der Waals surface area contributed by atoms with Crippen LogP contribution in [0.25, 0.3) is 5.70 Å². The molecule has 0 unspecified atom stereocenters. The van der Waals surface area contributed by atoms with Gasteiger partial charge < -0.3 is 0 Å². The van der Waals surface area contributed by atoms with Gasteiger partial charge in [0.25, 0.3) is 0 Å². The number of nitrogens with zero attached hydrogens (tertiary/aromatic N) is 1. The second-order valence-corrected chi connectivity index (χ2v) is 8.09. The third-order valence-corrected chi connectivity index (χ3v) is 5.06. The van der Waals surface area contributed by atoms with E-state index in [2.05, 4.69) is 13.8 Å². The highest BCUT2D eigenvalue weighted by atomic mass is 35.5. The first-order chi connectivity index (χ1) is 12.5. The van der Waals surface area contributed by atoms with Gasteiger partial charge in [0.15, 0.2) is 4.33 Å². The van der Waals surface area contributed by atoms with Gasteiger partial charge in [-0.25, -0.2) is 4.99 Å². The molecule has 0 spiro atoms. The molecule has 0 atom stereocenters. The molecule has 4 heteroatoms. The average Bonchev–Trinajstić information content (AvgIpc) is 2.63. The normalized spacial score (nSPS) is 13.5. The van der Waals surface area contributed by atoms with Crippen molar-refractivity contribution in [3.63, 3.8) is 0 Å². The summed E-state index contributed by atoms with van der Waals surface area (Å²) in [5.41, 5.74) is 3.23. The smallest absolute Gasteiger partial charge is 0.160 e. The fourth-order valence-corrected chi connectivity index (χ4v) is 3.73. The van der Waals surface area contributed by atoms with Crippen LogP contribution in [0.1, 0.15) is 50.7 Å². The van der Waals surface area contributed by atoms with Crippen molar-refractivity contribution in [2.75, 3.05) is 0 Å². The quantitative estimate of drug-likeness (QED) is 0.311. The van der Waals surface area contributed by atoms with Gasteiger partial charge in [-0.1, -0.05) is 122 Å². The highest BCUT2D eigenvalue weighted by Crippen LogP contribution is 2.35. The maximum Gasteiger partial charge on any atom is 0.160 e. The maximum atomic E-state index is 6.72. The van der Waals surface area contributed by atoms with Gasteiger partial charge in [-0.05, 0) is 18.4 Å². The lowest BCUT2D eigenvalue weighted by molar-refractivity contribution is 0.800. The first-order valence-electron chi connectivity index (χ1n) is 8.96. The molecule has 0 aliphatic carbocycles. The predicted molar refractivity (Wildman–Crippen MR) is 116 cm³/mol. The molecule has 0 saturated carbocycles. The van der Waals surface area contributed by atoms with Gasteiger partial charge in [0, 0.05) is 10.6 Å². The van der Waals surface area contributed by atoms with Crippen LogP contribution in [0.3, 0.4) is 0 Å². The summed E-state index contributed by atoms with van der Waals surface area (Å²) in [5.74, 6) is 0. The molecular formula is C22H24Cl3N. The second-order valence-electron chi connectivity index (χ2n) is 6.15. The van der Waals surface area contributed by atoms with Gasteiger partial charge in [0.05, 0.1) is 11.4 Å². The van der Waals surface area contributed by atoms with E-state index in [4.69, 9.17) is 39.8 Å². The minimum Gasteiger partial charge on any atom is -0.248 e. The van der Waals surface area contributed by atoms with Crippen molar-refractivity contribution in [3.05, 3.63) is 76.8 Å². The van der Waals surface area contributed by atoms with Crippen molar-refractivity contribution < 1.29 is 0 Å². The Labute approximate surface area is 171 Å². The Morgan fingerprint density at radius 3 is 1.88 bits per heavy atom. The van der Waals surface area contributed by atoms with Crippen LogP contribution in [0.5, 0.6) is 0 Å². The van der Waals surface area contributed by atoms with Gasteiger partial charge in [-0.2, -0.15) is 0 Å². The van der Waals surface area contributed by atoms with E-state index >= 15 is 0 Å². The van der Waals surface area contributed by atoms with E-state index in [1.165, 1.54) is 0 Å². The molecule has 2 aromatic rings. The molecule has 0 amide bonds. The molecule has 0 heterocycles. The van der Waals surface area contributed by atoms with Crippen LogP contribution in [0.2, 0.25) is 0 Å². The Morgan fingerprint density at radius 1 is 0.846 bits per heavy atom. The lowest BCUT2D eigenvalue weighted by atomic mass is 10.0. The molecule has 1 nitrogen and oxygen atoms in total. The van der Waals surface area contributed by atoms with Crippen molar-refractivity contribution in [2.24, 2.45) is 4.99 Å². The summed E-state index contributed by atoms with van der Waals surface area (Å²) in [6.45, 7) is 4.15. The largest absolute Gasteiger partial charge is 0.248 e. The number of hydrogen-bond donors (Lipinski definition) is 0. The summed E-state index contributed by atoms with van der Waals surface area (Å²) in [6.07, 6.45) is 3.15. The van der Waals surface area contributed by atoms with Crippen LogP contribution in [-0.2, 0) is 0 Å². The highest BCUT2D eigenvalue weighted by Gasteiger charge is 2.31. The molecule has 0 aliphatic rings. The zero-order valence-corrected chi connectivity index (χ0v) is 17.5. The van der Waals surface area contributed by atoms with Gasteiger partial charge >= 0.3 is 0 Å². The van der Waals surface area contributed by atoms with Crippen LogP contribution in [0.4, 0.5) is 0 Å². The highest BCUT2D eigenvalue weighted by molar-refractivity contribution is 6.60. The maximum absolute atomic E-state index is 6.72. The third kappa shape index (κ3) is 5.61. The molecule has 0 N–H and O–H groups in total. The predicted octanol–water partition coefficient (Wildman–Crippen LogP) is 7.86. The number of rotatable bonds is 8. The Bertz CT molecular complexity index is 749. The molecule has 0 radical (unpaired) electrons. The van der Waals surface area contributed by atoms with E-state index in [1.807, 2.05) is 60.7 Å². The van der Waals surface area contributed by atoms with Crippen molar-refractivity contribution in [2.45, 2.75) is 43.9 Å². The molecule has 0 aliphatic heterocycles. The molecule has 26 heavy (non-hydrogen) atoms. The molecule has 0 saturated heterocycles. The van der Waals surface area contributed by atoms with Crippen LogP contribution >= 0.6 is 34.8 Å². The Kier molecular flexibility index (Phi) is 8.21. The molecular weight excluding hydrogens is 385 g/mol. The minimum absolute atomic E-state index is 0.608. The second kappa shape index (κ2) is 10.2. The van der Waals surface area contributed by atoms with Crippen LogP contribution in [0, 0.1) is 0 Å². The summed E-state index contributed by atoms with van der Waals surface area (Å²) < 4.78 is -1.08. The summed E-state index contributed by atoms with van der Waals surface area (Å²) in [5, 5.41) is 0.716. The van der Waals surface area contributed by atoms with Crippen molar-refractivity contribution >= 4 is 46.2 Å². The third-order valence-electron chi connectivity index (χ3n) is 3.95. The van der Waals surface area contributed by atoms with E-state index in [9.17, 15) is 0 Å². The molecule has 2 aromatic carbocycles. The molecule has 0 aromatic heterocycles. The summed E-state index contributed by atoms with van der Waals surface area (Å²) in [4.78, 5) is 4.93. The first kappa shape index (κ1) is 21.0. The molecule has 138 valence electrons. The van der Waals surface area contributed by atoms with E-state index in [1.54, 1.807) is 0 Å². The SMILES string of the molecule is CCC/C(Cl)=C(/N=C(c1ccccc1)C(Cl)(Cl)CCC)c1ccccc1. The number of aliphatic imine (C=N–C) groups is 1. The Hall–Kier alpha value is -1.28. The van der Waals surface area contributed by atoms with E-state index in [0.29, 0.717) is 17.2 Å². The van der Waals surface area contributed by atoms with Crippen molar-refractivity contribution in [1.29, 1.82) is 0 Å². The van der Waals surface area contributed by atoms with Crippen molar-refractivity contribution in [1.82, 2.24) is 0 Å². The Balaban J connectivity index is 2.66. The van der Waals surface area contributed by atoms with E-state index in [-0.39, 0.29) is 0 Å². The minimum atomic E-state index is -1.08. The summed E-state index contributed by atoms with van der Waals surface area (Å²) in [6, 6.07) is 19.8. The lowest BCUT2D eigenvalue weighted by Gasteiger charge is -2.23. The van der Waals surface area contributed by atoms with Crippen LogP contribution < -0.4 is 0 Å². The summed E-state index contributed by atoms with van der Waals surface area (Å²) >= 11 is 20.1. The monoisotopic (exact) mass is 407 g/mol. The number of allylic oxidation sites excluding steroid dienone is 1. The van der Waals surface area contributed by atoms with Gasteiger partial charge in [0.1, 0.15) is 0 Å². The first-order valence-corrected chi connectivity index (χ1v) is 10.1. The standard InChI is InChI=1S/C22H24Cl3N/c1-3-11-19(23)20(17-12-7-5-8-13-17)26-21(22(24,25)16-4-2)18-14-9-6-10-15-18/h5-10,12-15H,3-4,11,16H2,1-2H3/b20-19-,26-21?. The summed E-state index contributed by atoms with van der Waals surface area (Å²) in [7, 11) is 0. The van der Waals surface area contributed by atoms with Gasteiger partial charge in [-0.3, -0.25) is 0 Å². The van der Waals surface area contributed by atoms with Crippen LogP contribution in [0.15, 0.2) is 70.7 Å². The number of benzene rings is 2. The molecule has 0 bridgehead atoms. The zero-order valence-electron chi connectivity index (χ0n) is 15.2. The zero-order chi connectivity index (χ0) is 19.0. The fourth-order valence-electron chi connectivity index (χ4n) is 2.71. The number of halogens is 3. The Morgan fingerprint density at radius 2 is 1.38 bits per heavy atom. The van der Waals surface area contributed by atoms with Gasteiger partial charge in [-0.15, -0.1) is 0 Å². The van der Waals surface area contributed by atoms with Crippen molar-refractivity contribution in [3.8, 4) is 0 Å². The topological polar surface area (TPSA) is 12.4 Å². The fraction of sp³-hybridized carbons (Fsp3) is 0.318. The lowest BCUT2D eigenvalue weighted by Crippen LogP contribution is -2.27. The number of alkyl halides is 2. The molecule has 0 fully saturated rings.